The molecule has 0 aromatic heterocycles. The van der Waals surface area contributed by atoms with E-state index in [1.165, 1.54) is 12.1 Å². The van der Waals surface area contributed by atoms with Crippen molar-refractivity contribution >= 4 is 23.6 Å². The summed E-state index contributed by atoms with van der Waals surface area (Å²) < 4.78 is 26.7. The van der Waals surface area contributed by atoms with Crippen molar-refractivity contribution in [3.63, 3.8) is 0 Å². The van der Waals surface area contributed by atoms with E-state index in [1.54, 1.807) is 25.1 Å². The molecule has 0 aliphatic heterocycles. The van der Waals surface area contributed by atoms with Crippen LogP contribution in [0.5, 0.6) is 0 Å². The highest BCUT2D eigenvalue weighted by molar-refractivity contribution is 5.99. The number of likely N-dealkylation sites (N-methyl/N-ethyl adjacent to an activating group) is 1. The van der Waals surface area contributed by atoms with Crippen molar-refractivity contribution in [3.8, 4) is 0 Å². The Morgan fingerprint density at radius 2 is 1.40 bits per heavy atom. The van der Waals surface area contributed by atoms with Crippen molar-refractivity contribution < 1.29 is 28.0 Å². The van der Waals surface area contributed by atoms with Crippen molar-refractivity contribution in [1.82, 2.24) is 26.6 Å². The zero-order valence-corrected chi connectivity index (χ0v) is 26.0. The highest BCUT2D eigenvalue weighted by Gasteiger charge is 2.26. The maximum atomic E-state index is 13.5. The minimum absolute atomic E-state index is 0.0236. The van der Waals surface area contributed by atoms with E-state index in [-0.39, 0.29) is 41.9 Å². The SMILES string of the molecule is CCNC(=O)[C@@H](NC(=O)[C@H](C)NC[C@H](Cc1ccccc1)NC(=O)c1cccc(C(=O)NCc2ccc(F)c(F)c2)c1)C(C)C. The van der Waals surface area contributed by atoms with E-state index >= 15 is 0 Å². The molecule has 3 atom stereocenters. The molecular formula is C34H41F2N5O4. The summed E-state index contributed by atoms with van der Waals surface area (Å²) in [7, 11) is 0. The number of carbonyl (C=O) groups is 4. The van der Waals surface area contributed by atoms with Crippen LogP contribution in [0.2, 0.25) is 0 Å². The lowest BCUT2D eigenvalue weighted by Crippen LogP contribution is -2.55. The number of nitrogens with one attached hydrogen (secondary N) is 5. The van der Waals surface area contributed by atoms with Gasteiger partial charge in [-0.1, -0.05) is 56.3 Å². The molecule has 0 fully saturated rings. The molecule has 3 aromatic carbocycles. The number of hydrogen-bond acceptors (Lipinski definition) is 5. The lowest BCUT2D eigenvalue weighted by molar-refractivity contribution is -0.130. The largest absolute Gasteiger partial charge is 0.355 e. The smallest absolute Gasteiger partial charge is 0.251 e. The van der Waals surface area contributed by atoms with Gasteiger partial charge in [0.05, 0.1) is 6.04 Å². The van der Waals surface area contributed by atoms with Gasteiger partial charge >= 0.3 is 0 Å². The summed E-state index contributed by atoms with van der Waals surface area (Å²) in [4.78, 5) is 51.5. The first-order valence-electron chi connectivity index (χ1n) is 15.0. The van der Waals surface area contributed by atoms with Gasteiger partial charge in [0.1, 0.15) is 6.04 Å². The predicted octanol–water partition coefficient (Wildman–Crippen LogP) is 3.49. The average molecular weight is 622 g/mol. The number of benzene rings is 3. The number of hydrogen-bond donors (Lipinski definition) is 5. The lowest BCUT2D eigenvalue weighted by atomic mass is 10.0. The van der Waals surface area contributed by atoms with E-state index in [0.717, 1.165) is 17.7 Å². The zero-order valence-electron chi connectivity index (χ0n) is 26.0. The minimum atomic E-state index is -1.01. The van der Waals surface area contributed by atoms with Crippen LogP contribution >= 0.6 is 0 Å². The first kappa shape index (κ1) is 34.8. The summed E-state index contributed by atoms with van der Waals surface area (Å²) in [6.07, 6.45) is 0.468. The van der Waals surface area contributed by atoms with Gasteiger partial charge in [0.2, 0.25) is 11.8 Å². The average Bonchev–Trinajstić information content (AvgIpc) is 3.03. The monoisotopic (exact) mass is 621 g/mol. The molecule has 0 aliphatic carbocycles. The van der Waals surface area contributed by atoms with Crippen LogP contribution in [0.3, 0.4) is 0 Å². The molecule has 0 bridgehead atoms. The molecule has 11 heteroatoms. The molecule has 0 saturated carbocycles. The third kappa shape index (κ3) is 10.8. The zero-order chi connectivity index (χ0) is 32.9. The van der Waals surface area contributed by atoms with Crippen LogP contribution in [0.4, 0.5) is 8.78 Å². The van der Waals surface area contributed by atoms with E-state index < -0.39 is 41.6 Å². The molecule has 0 aliphatic rings. The van der Waals surface area contributed by atoms with E-state index in [1.807, 2.05) is 51.1 Å². The Labute approximate surface area is 262 Å². The van der Waals surface area contributed by atoms with Gasteiger partial charge in [0, 0.05) is 36.8 Å². The standard InChI is InChI=1S/C34H41F2N5O4/c1-5-37-34(45)30(21(2)3)41-31(42)22(4)38-20-27(16-23-10-7-6-8-11-23)40-33(44)26-13-9-12-25(18-26)32(43)39-19-24-14-15-28(35)29(36)17-24/h6-15,17-18,21-22,27,30,38H,5,16,19-20H2,1-4H3,(H,37,45)(H,39,43)(H,40,44)(H,41,42)/t22-,27-,30-/m0/s1. The normalized spacial score (nSPS) is 13.0. The van der Waals surface area contributed by atoms with Gasteiger partial charge in [0.25, 0.3) is 11.8 Å². The van der Waals surface area contributed by atoms with Crippen LogP contribution < -0.4 is 26.6 Å². The van der Waals surface area contributed by atoms with Crippen molar-refractivity contribution in [3.05, 3.63) is 107 Å². The Hall–Kier alpha value is -4.64. The van der Waals surface area contributed by atoms with Gasteiger partial charge in [-0.25, -0.2) is 8.78 Å². The van der Waals surface area contributed by atoms with E-state index in [2.05, 4.69) is 26.6 Å². The fourth-order valence-corrected chi connectivity index (χ4v) is 4.59. The fraction of sp³-hybridized carbons (Fsp3) is 0.353. The predicted molar refractivity (Wildman–Crippen MR) is 168 cm³/mol. The van der Waals surface area contributed by atoms with Crippen LogP contribution in [0.1, 0.15) is 59.5 Å². The second kappa shape index (κ2) is 17.0. The van der Waals surface area contributed by atoms with Gasteiger partial charge in [0.15, 0.2) is 11.6 Å². The Bertz CT molecular complexity index is 1470. The Kier molecular flexibility index (Phi) is 13.2. The first-order valence-corrected chi connectivity index (χ1v) is 15.0. The molecule has 45 heavy (non-hydrogen) atoms. The molecule has 0 heterocycles. The van der Waals surface area contributed by atoms with Gasteiger partial charge < -0.3 is 26.6 Å². The third-order valence-electron chi connectivity index (χ3n) is 7.15. The van der Waals surface area contributed by atoms with Crippen molar-refractivity contribution in [2.45, 2.75) is 58.8 Å². The van der Waals surface area contributed by atoms with Crippen LogP contribution in [0, 0.1) is 17.6 Å². The topological polar surface area (TPSA) is 128 Å². The van der Waals surface area contributed by atoms with E-state index in [9.17, 15) is 28.0 Å². The van der Waals surface area contributed by atoms with Gasteiger partial charge in [-0.2, -0.15) is 0 Å². The van der Waals surface area contributed by atoms with Crippen LogP contribution in [0.25, 0.3) is 0 Å². The molecule has 3 aromatic rings. The first-order chi connectivity index (χ1) is 21.5. The molecular weight excluding hydrogens is 580 g/mol. The maximum Gasteiger partial charge on any atom is 0.251 e. The molecule has 240 valence electrons. The Morgan fingerprint density at radius 1 is 0.711 bits per heavy atom. The quantitative estimate of drug-likeness (QED) is 0.178. The van der Waals surface area contributed by atoms with Crippen LogP contribution in [-0.4, -0.2) is 54.8 Å². The Morgan fingerprint density at radius 3 is 2.04 bits per heavy atom. The second-order valence-corrected chi connectivity index (χ2v) is 11.1. The molecule has 0 spiro atoms. The van der Waals surface area contributed by atoms with Crippen molar-refractivity contribution in [1.29, 1.82) is 0 Å². The molecule has 0 saturated heterocycles. The third-order valence-corrected chi connectivity index (χ3v) is 7.15. The Balaban J connectivity index is 1.66. The second-order valence-electron chi connectivity index (χ2n) is 11.1. The highest BCUT2D eigenvalue weighted by atomic mass is 19.2. The molecule has 9 nitrogen and oxygen atoms in total. The summed E-state index contributed by atoms with van der Waals surface area (Å²) in [6, 6.07) is 17.3. The molecule has 0 radical (unpaired) electrons. The van der Waals surface area contributed by atoms with E-state index in [0.29, 0.717) is 18.5 Å². The summed E-state index contributed by atoms with van der Waals surface area (Å²) in [6.45, 7) is 7.89. The van der Waals surface area contributed by atoms with Crippen LogP contribution in [0.15, 0.2) is 72.8 Å². The summed E-state index contributed by atoms with van der Waals surface area (Å²) in [5, 5.41) is 14.4. The molecule has 0 unspecified atom stereocenters. The summed E-state index contributed by atoms with van der Waals surface area (Å²) in [5.74, 6) is -3.58. The number of rotatable bonds is 15. The van der Waals surface area contributed by atoms with Crippen molar-refractivity contribution in [2.24, 2.45) is 5.92 Å². The van der Waals surface area contributed by atoms with Gasteiger partial charge in [-0.3, -0.25) is 19.2 Å². The summed E-state index contributed by atoms with van der Waals surface area (Å²) in [5.41, 5.74) is 1.84. The molecule has 4 amide bonds. The molecule has 3 rings (SSSR count). The van der Waals surface area contributed by atoms with Gasteiger partial charge in [-0.15, -0.1) is 0 Å². The van der Waals surface area contributed by atoms with Crippen molar-refractivity contribution in [2.75, 3.05) is 13.1 Å². The van der Waals surface area contributed by atoms with E-state index in [4.69, 9.17) is 0 Å². The minimum Gasteiger partial charge on any atom is -0.355 e. The maximum absolute atomic E-state index is 13.5. The fourth-order valence-electron chi connectivity index (χ4n) is 4.59. The summed E-state index contributed by atoms with van der Waals surface area (Å²) >= 11 is 0. The highest BCUT2D eigenvalue weighted by Crippen LogP contribution is 2.11. The number of carbonyl (C=O) groups excluding carboxylic acids is 4. The number of halogens is 2. The number of amides is 4. The van der Waals surface area contributed by atoms with Crippen LogP contribution in [-0.2, 0) is 22.6 Å². The molecule has 5 N–H and O–H groups in total. The van der Waals surface area contributed by atoms with Gasteiger partial charge in [-0.05, 0) is 67.6 Å². The lowest BCUT2D eigenvalue weighted by Gasteiger charge is -2.25.